The first-order valence-electron chi connectivity index (χ1n) is 5.70. The van der Waals surface area contributed by atoms with Crippen molar-refractivity contribution in [2.45, 2.75) is 39.2 Å². The van der Waals surface area contributed by atoms with E-state index in [-0.39, 0.29) is 11.7 Å². The molecule has 1 aromatic rings. The molecule has 0 heterocycles. The van der Waals surface area contributed by atoms with E-state index in [0.717, 1.165) is 17.3 Å². The van der Waals surface area contributed by atoms with Crippen molar-refractivity contribution in [3.8, 4) is 0 Å². The molecule has 1 nitrogen and oxygen atoms in total. The molecule has 0 radical (unpaired) electrons. The van der Waals surface area contributed by atoms with Gasteiger partial charge >= 0.3 is 0 Å². The van der Waals surface area contributed by atoms with Crippen LogP contribution in [-0.2, 0) is 6.42 Å². The van der Waals surface area contributed by atoms with Crippen molar-refractivity contribution in [2.24, 2.45) is 5.92 Å². The quantitative estimate of drug-likeness (QED) is 0.870. The third-order valence-electron chi connectivity index (χ3n) is 3.04. The Morgan fingerprint density at radius 2 is 1.94 bits per heavy atom. The van der Waals surface area contributed by atoms with E-state index in [1.165, 1.54) is 6.07 Å². The van der Waals surface area contributed by atoms with E-state index in [9.17, 15) is 9.50 Å². The molecule has 0 aliphatic heterocycles. The van der Waals surface area contributed by atoms with Gasteiger partial charge in [-0.3, -0.25) is 0 Å². The predicted molar refractivity (Wildman–Crippen MR) is 67.9 cm³/mol. The molecule has 16 heavy (non-hydrogen) atoms. The van der Waals surface area contributed by atoms with Gasteiger partial charge in [0, 0.05) is 10.9 Å². The minimum absolute atomic E-state index is 0.251. The lowest BCUT2D eigenvalue weighted by Crippen LogP contribution is -2.22. The molecule has 90 valence electrons. The normalized spacial score (nSPS) is 13.1. The summed E-state index contributed by atoms with van der Waals surface area (Å²) in [5.41, 5.74) is 0.586. The van der Waals surface area contributed by atoms with Gasteiger partial charge in [-0.2, -0.15) is 0 Å². The Kier molecular flexibility index (Phi) is 5.42. The SMILES string of the molecule is CCC(CC)C(O)Cc1ccc(Br)cc1F. The Morgan fingerprint density at radius 1 is 1.31 bits per heavy atom. The van der Waals surface area contributed by atoms with E-state index < -0.39 is 6.10 Å². The van der Waals surface area contributed by atoms with Crippen LogP contribution in [0.15, 0.2) is 22.7 Å². The zero-order valence-electron chi connectivity index (χ0n) is 9.71. The van der Waals surface area contributed by atoms with E-state index in [0.29, 0.717) is 12.0 Å². The fourth-order valence-corrected chi connectivity index (χ4v) is 2.25. The van der Waals surface area contributed by atoms with Crippen LogP contribution in [0.1, 0.15) is 32.3 Å². The van der Waals surface area contributed by atoms with E-state index in [4.69, 9.17) is 0 Å². The molecular weight excluding hydrogens is 271 g/mol. The highest BCUT2D eigenvalue weighted by molar-refractivity contribution is 9.10. The van der Waals surface area contributed by atoms with Gasteiger partial charge in [-0.25, -0.2) is 4.39 Å². The summed E-state index contributed by atoms with van der Waals surface area (Å²) < 4.78 is 14.3. The molecule has 0 fully saturated rings. The van der Waals surface area contributed by atoms with Gasteiger partial charge in [-0.05, 0) is 23.6 Å². The van der Waals surface area contributed by atoms with Crippen LogP contribution in [-0.4, -0.2) is 11.2 Å². The van der Waals surface area contributed by atoms with Crippen molar-refractivity contribution in [3.05, 3.63) is 34.1 Å². The number of aliphatic hydroxyl groups excluding tert-OH is 1. The lowest BCUT2D eigenvalue weighted by atomic mass is 9.92. The van der Waals surface area contributed by atoms with E-state index in [1.54, 1.807) is 12.1 Å². The maximum absolute atomic E-state index is 13.5. The lowest BCUT2D eigenvalue weighted by molar-refractivity contribution is 0.102. The van der Waals surface area contributed by atoms with Crippen LogP contribution in [0, 0.1) is 11.7 Å². The van der Waals surface area contributed by atoms with Gasteiger partial charge in [0.15, 0.2) is 0 Å². The Morgan fingerprint density at radius 3 is 2.44 bits per heavy atom. The summed E-state index contributed by atoms with van der Waals surface area (Å²) in [6, 6.07) is 4.97. The zero-order valence-corrected chi connectivity index (χ0v) is 11.3. The number of aliphatic hydroxyl groups is 1. The third kappa shape index (κ3) is 3.56. The molecule has 0 spiro atoms. The fraction of sp³-hybridized carbons (Fsp3) is 0.538. The van der Waals surface area contributed by atoms with Crippen LogP contribution >= 0.6 is 15.9 Å². The molecule has 3 heteroatoms. The van der Waals surface area contributed by atoms with Crippen LogP contribution in [0.2, 0.25) is 0 Å². The first kappa shape index (κ1) is 13.7. The second kappa shape index (κ2) is 6.36. The van der Waals surface area contributed by atoms with Crippen molar-refractivity contribution >= 4 is 15.9 Å². The smallest absolute Gasteiger partial charge is 0.127 e. The molecule has 0 saturated carbocycles. The topological polar surface area (TPSA) is 20.2 Å². The summed E-state index contributed by atoms with van der Waals surface area (Å²) in [4.78, 5) is 0. The summed E-state index contributed by atoms with van der Waals surface area (Å²) in [6.45, 7) is 4.10. The average molecular weight is 289 g/mol. The summed E-state index contributed by atoms with van der Waals surface area (Å²) in [6.07, 6.45) is 1.79. The predicted octanol–water partition coefficient (Wildman–Crippen LogP) is 3.93. The largest absolute Gasteiger partial charge is 0.392 e. The maximum Gasteiger partial charge on any atom is 0.127 e. The van der Waals surface area contributed by atoms with Crippen molar-refractivity contribution in [3.63, 3.8) is 0 Å². The summed E-state index contributed by atoms with van der Waals surface area (Å²) >= 11 is 3.22. The van der Waals surface area contributed by atoms with Crippen LogP contribution in [0.3, 0.4) is 0 Å². The van der Waals surface area contributed by atoms with Gasteiger partial charge in [-0.1, -0.05) is 48.7 Å². The monoisotopic (exact) mass is 288 g/mol. The highest BCUT2D eigenvalue weighted by Crippen LogP contribution is 2.21. The highest BCUT2D eigenvalue weighted by Gasteiger charge is 2.17. The molecule has 1 atom stereocenters. The zero-order chi connectivity index (χ0) is 12.1. The van der Waals surface area contributed by atoms with Gasteiger partial charge < -0.3 is 5.11 Å². The molecule has 0 aliphatic carbocycles. The van der Waals surface area contributed by atoms with Gasteiger partial charge in [0.05, 0.1) is 6.10 Å². The molecule has 1 rings (SSSR count). The summed E-state index contributed by atoms with van der Waals surface area (Å²) in [5, 5.41) is 9.98. The van der Waals surface area contributed by atoms with Crippen LogP contribution in [0.25, 0.3) is 0 Å². The Hall–Kier alpha value is -0.410. The number of halogens is 2. The fourth-order valence-electron chi connectivity index (χ4n) is 1.91. The van der Waals surface area contributed by atoms with Crippen LogP contribution < -0.4 is 0 Å². The van der Waals surface area contributed by atoms with Crippen LogP contribution in [0.5, 0.6) is 0 Å². The van der Waals surface area contributed by atoms with Gasteiger partial charge in [0.25, 0.3) is 0 Å². The van der Waals surface area contributed by atoms with Crippen molar-refractivity contribution in [1.29, 1.82) is 0 Å². The van der Waals surface area contributed by atoms with E-state index in [1.807, 2.05) is 0 Å². The Labute approximate surface area is 105 Å². The molecule has 1 N–H and O–H groups in total. The summed E-state index contributed by atoms with van der Waals surface area (Å²) in [7, 11) is 0. The molecular formula is C13H18BrFO. The number of benzene rings is 1. The minimum Gasteiger partial charge on any atom is -0.392 e. The summed E-state index contributed by atoms with van der Waals surface area (Å²) in [5.74, 6) is 0.00225. The molecule has 0 aliphatic rings. The van der Waals surface area contributed by atoms with Crippen molar-refractivity contribution in [2.75, 3.05) is 0 Å². The third-order valence-corrected chi connectivity index (χ3v) is 3.53. The standard InChI is InChI=1S/C13H18BrFO/c1-3-9(4-2)13(16)7-10-5-6-11(14)8-12(10)15/h5-6,8-9,13,16H,3-4,7H2,1-2H3. The number of hydrogen-bond donors (Lipinski definition) is 1. The van der Waals surface area contributed by atoms with Crippen molar-refractivity contribution in [1.82, 2.24) is 0 Å². The van der Waals surface area contributed by atoms with Gasteiger partial charge in [0.1, 0.15) is 5.82 Å². The minimum atomic E-state index is -0.453. The Balaban J connectivity index is 2.72. The highest BCUT2D eigenvalue weighted by atomic mass is 79.9. The van der Waals surface area contributed by atoms with Crippen molar-refractivity contribution < 1.29 is 9.50 Å². The Bertz CT molecular complexity index is 337. The second-order valence-electron chi connectivity index (χ2n) is 4.08. The van der Waals surface area contributed by atoms with E-state index in [2.05, 4.69) is 29.8 Å². The van der Waals surface area contributed by atoms with Gasteiger partial charge in [0.2, 0.25) is 0 Å². The van der Waals surface area contributed by atoms with Crippen LogP contribution in [0.4, 0.5) is 4.39 Å². The second-order valence-corrected chi connectivity index (χ2v) is 5.00. The first-order chi connectivity index (χ1) is 7.58. The number of hydrogen-bond acceptors (Lipinski definition) is 1. The molecule has 0 saturated heterocycles. The molecule has 0 amide bonds. The molecule has 0 aromatic heterocycles. The molecule has 1 unspecified atom stereocenters. The average Bonchev–Trinajstić information content (AvgIpc) is 2.24. The first-order valence-corrected chi connectivity index (χ1v) is 6.49. The number of rotatable bonds is 5. The lowest BCUT2D eigenvalue weighted by Gasteiger charge is -2.20. The molecule has 1 aromatic carbocycles. The van der Waals surface area contributed by atoms with E-state index >= 15 is 0 Å². The van der Waals surface area contributed by atoms with Gasteiger partial charge in [-0.15, -0.1) is 0 Å². The molecule has 0 bridgehead atoms. The maximum atomic E-state index is 13.5.